The minimum atomic E-state index is -1.33. The van der Waals surface area contributed by atoms with Crippen LogP contribution in [0.5, 0.6) is 0 Å². The summed E-state index contributed by atoms with van der Waals surface area (Å²) in [5.74, 6) is -1.55. The topological polar surface area (TPSA) is 121 Å². The first-order valence-corrected chi connectivity index (χ1v) is 11.9. The normalized spacial score (nSPS) is 39.3. The third kappa shape index (κ3) is 4.75. The third-order valence-electron chi connectivity index (χ3n) is 9.19. The Bertz CT molecular complexity index is 867. The Labute approximate surface area is 217 Å². The van der Waals surface area contributed by atoms with Gasteiger partial charge in [-0.2, -0.15) is 0 Å². The first kappa shape index (κ1) is 26.6. The van der Waals surface area contributed by atoms with Crippen LogP contribution in [-0.2, 0) is 23.9 Å². The number of carbonyl (C=O) groups excluding carboxylic acids is 4. The van der Waals surface area contributed by atoms with Crippen LogP contribution in [0.25, 0.3) is 0 Å². The molecule has 3 unspecified atom stereocenters. The van der Waals surface area contributed by atoms with Crippen molar-refractivity contribution in [3.05, 3.63) is 11.6 Å². The van der Waals surface area contributed by atoms with Crippen LogP contribution in [-0.4, -0.2) is 41.3 Å². The zero-order valence-electron chi connectivity index (χ0n) is 19.9. The molecular weight excluding hydrogens is 435 g/mol. The molecule has 33 heavy (non-hydrogen) atoms. The number of esters is 1. The number of allylic oxidation sites excluding steroid dienone is 1. The van der Waals surface area contributed by atoms with Crippen molar-refractivity contribution in [1.29, 1.82) is 0 Å². The molecule has 0 saturated heterocycles. The molecule has 0 amide bonds. The number of Topliss-reactive ketones (excluding diaryl/α,β-unsaturated/α-hetero) is 1. The fraction of sp³-hybridized carbons (Fsp3) is 0.760. The number of aliphatic hydroxyl groups excluding tert-OH is 1. The summed E-state index contributed by atoms with van der Waals surface area (Å²) in [4.78, 5) is 47.2. The van der Waals surface area contributed by atoms with Crippen molar-refractivity contribution in [2.75, 3.05) is 6.61 Å². The van der Waals surface area contributed by atoms with Gasteiger partial charge in [-0.05, 0) is 79.6 Å². The molecule has 0 aromatic rings. The Morgan fingerprint density at radius 3 is 2.58 bits per heavy atom. The van der Waals surface area contributed by atoms with Gasteiger partial charge in [0.2, 0.25) is 0 Å². The maximum absolute atomic E-state index is 13.0. The van der Waals surface area contributed by atoms with E-state index < -0.39 is 24.5 Å². The second-order valence-electron chi connectivity index (χ2n) is 10.8. The summed E-state index contributed by atoms with van der Waals surface area (Å²) >= 11 is 0. The standard InChI is InChI=1S/C25H34O7.Na/c1-24-10-9-15(26)11-14(24)3-4-16-17-5-6-18(25(17,2)12-19(27)23(16)24)20(28)13-32-22(31)8-7-21(29)30;/h11,16-19,23,27H,3-10,12-13H2,1-2H3,(H,29,30);/q;+1/p-1/t16?,17?,18-,19+,23?,24+,25+;/m1./s1. The average Bonchev–Trinajstić information content (AvgIpc) is 3.07. The number of fused-ring (bicyclic) bond motifs is 5. The quantitative estimate of drug-likeness (QED) is 0.382. The van der Waals surface area contributed by atoms with Gasteiger partial charge >= 0.3 is 35.5 Å². The Hall–Kier alpha value is -1.02. The number of carbonyl (C=O) groups is 4. The van der Waals surface area contributed by atoms with Crippen molar-refractivity contribution >= 4 is 23.5 Å². The molecule has 4 aliphatic carbocycles. The average molecular weight is 469 g/mol. The minimum absolute atomic E-state index is 0. The molecule has 176 valence electrons. The molecule has 7 nitrogen and oxygen atoms in total. The molecule has 0 aromatic heterocycles. The van der Waals surface area contributed by atoms with Crippen LogP contribution in [0.15, 0.2) is 11.6 Å². The van der Waals surface area contributed by atoms with E-state index in [9.17, 15) is 29.4 Å². The van der Waals surface area contributed by atoms with Crippen molar-refractivity contribution in [3.8, 4) is 0 Å². The van der Waals surface area contributed by atoms with E-state index in [1.807, 2.05) is 6.08 Å². The van der Waals surface area contributed by atoms with Crippen LogP contribution in [0.1, 0.15) is 71.6 Å². The Balaban J connectivity index is 0.00000306. The molecule has 7 atom stereocenters. The molecule has 4 aliphatic rings. The molecule has 3 fully saturated rings. The number of carboxylic acid groups (broad SMARTS) is 1. The zero-order valence-corrected chi connectivity index (χ0v) is 21.9. The number of carboxylic acids is 1. The monoisotopic (exact) mass is 468 g/mol. The molecule has 8 heteroatoms. The fourth-order valence-electron chi connectivity index (χ4n) is 7.74. The molecule has 0 bridgehead atoms. The Kier molecular flexibility index (Phi) is 7.99. The number of hydrogen-bond acceptors (Lipinski definition) is 7. The summed E-state index contributed by atoms with van der Waals surface area (Å²) in [7, 11) is 0. The first-order valence-electron chi connectivity index (χ1n) is 11.9. The smallest absolute Gasteiger partial charge is 0.550 e. The molecule has 4 rings (SSSR count). The number of rotatable bonds is 6. The summed E-state index contributed by atoms with van der Waals surface area (Å²) in [5.41, 5.74) is 0.678. The van der Waals surface area contributed by atoms with Crippen LogP contribution >= 0.6 is 0 Å². The summed E-state index contributed by atoms with van der Waals surface area (Å²) in [6, 6.07) is 0. The van der Waals surface area contributed by atoms with Gasteiger partial charge in [-0.3, -0.25) is 14.4 Å². The van der Waals surface area contributed by atoms with Crippen molar-refractivity contribution in [3.63, 3.8) is 0 Å². The molecular formula is C25H33NaO7. The van der Waals surface area contributed by atoms with Gasteiger partial charge in [0, 0.05) is 18.3 Å². The largest absolute Gasteiger partial charge is 1.00 e. The van der Waals surface area contributed by atoms with Crippen molar-refractivity contribution in [2.45, 2.75) is 77.7 Å². The molecule has 0 aliphatic heterocycles. The Morgan fingerprint density at radius 1 is 1.15 bits per heavy atom. The van der Waals surface area contributed by atoms with E-state index in [2.05, 4.69) is 13.8 Å². The van der Waals surface area contributed by atoms with Crippen molar-refractivity contribution < 1.29 is 63.7 Å². The van der Waals surface area contributed by atoms with E-state index in [1.165, 1.54) is 5.57 Å². The third-order valence-corrected chi connectivity index (χ3v) is 9.19. The van der Waals surface area contributed by atoms with Gasteiger partial charge in [0.1, 0.15) is 6.61 Å². The first-order chi connectivity index (χ1) is 15.1. The molecule has 0 heterocycles. The second kappa shape index (κ2) is 9.92. The predicted octanol–water partition coefficient (Wildman–Crippen LogP) is -1.25. The maximum Gasteiger partial charge on any atom is 1.00 e. The summed E-state index contributed by atoms with van der Waals surface area (Å²) < 4.78 is 5.04. The van der Waals surface area contributed by atoms with E-state index >= 15 is 0 Å². The maximum atomic E-state index is 13.0. The molecule has 3 saturated carbocycles. The second-order valence-corrected chi connectivity index (χ2v) is 10.8. The fourth-order valence-corrected chi connectivity index (χ4v) is 7.74. The van der Waals surface area contributed by atoms with Gasteiger partial charge < -0.3 is 19.7 Å². The predicted molar refractivity (Wildman–Crippen MR) is 112 cm³/mol. The number of hydrogen-bond donors (Lipinski definition) is 1. The van der Waals surface area contributed by atoms with Gasteiger partial charge in [-0.15, -0.1) is 0 Å². The number of ketones is 2. The van der Waals surface area contributed by atoms with Crippen molar-refractivity contribution in [1.82, 2.24) is 0 Å². The zero-order chi connectivity index (χ0) is 23.3. The minimum Gasteiger partial charge on any atom is -0.550 e. The summed E-state index contributed by atoms with van der Waals surface area (Å²) in [5, 5.41) is 21.8. The van der Waals surface area contributed by atoms with Gasteiger partial charge in [-0.25, -0.2) is 0 Å². The van der Waals surface area contributed by atoms with Crippen LogP contribution in [0.2, 0.25) is 0 Å². The number of aliphatic carboxylic acids is 1. The van der Waals surface area contributed by atoms with Crippen LogP contribution < -0.4 is 34.7 Å². The molecule has 1 N–H and O–H groups in total. The Morgan fingerprint density at radius 2 is 1.88 bits per heavy atom. The van der Waals surface area contributed by atoms with E-state index in [0.29, 0.717) is 31.1 Å². The van der Waals surface area contributed by atoms with Crippen LogP contribution in [0.4, 0.5) is 0 Å². The van der Waals surface area contributed by atoms with Crippen LogP contribution in [0.3, 0.4) is 0 Å². The van der Waals surface area contributed by atoms with E-state index in [-0.39, 0.29) is 76.8 Å². The molecule has 0 radical (unpaired) electrons. The molecule has 0 spiro atoms. The van der Waals surface area contributed by atoms with Gasteiger partial charge in [0.15, 0.2) is 11.6 Å². The summed E-state index contributed by atoms with van der Waals surface area (Å²) in [6.07, 6.45) is 5.81. The van der Waals surface area contributed by atoms with E-state index in [4.69, 9.17) is 4.74 Å². The SMILES string of the molecule is C[C@]12CCC(=O)C=C1CCC1C2[C@@H](O)C[C@@]2(C)C1CC[C@@H]2C(=O)COC(=O)CCC(=O)[O-].[Na+]. The van der Waals surface area contributed by atoms with E-state index in [1.54, 1.807) is 0 Å². The number of ether oxygens (including phenoxy) is 1. The van der Waals surface area contributed by atoms with Gasteiger partial charge in [0.05, 0.1) is 12.5 Å². The summed E-state index contributed by atoms with van der Waals surface area (Å²) in [6.45, 7) is 3.95. The number of aliphatic hydroxyl groups is 1. The van der Waals surface area contributed by atoms with Crippen LogP contribution in [0, 0.1) is 34.5 Å². The van der Waals surface area contributed by atoms with Crippen molar-refractivity contribution in [2.24, 2.45) is 34.5 Å². The van der Waals surface area contributed by atoms with E-state index in [0.717, 1.165) is 25.7 Å². The van der Waals surface area contributed by atoms with Gasteiger partial charge in [-0.1, -0.05) is 19.4 Å². The molecule has 0 aromatic carbocycles. The van der Waals surface area contributed by atoms with Gasteiger partial charge in [0.25, 0.3) is 0 Å².